The molecule has 3 aliphatic rings. The number of ether oxygens (including phenoxy) is 1. The molecule has 2 saturated heterocycles. The molecule has 2 bridgehead atoms. The Bertz CT molecular complexity index is 563. The van der Waals surface area contributed by atoms with Crippen molar-refractivity contribution in [3.63, 3.8) is 0 Å². The summed E-state index contributed by atoms with van der Waals surface area (Å²) in [5.74, 6) is -2.31. The van der Waals surface area contributed by atoms with Crippen LogP contribution >= 0.6 is 0 Å². The molecule has 5 atom stereocenters. The van der Waals surface area contributed by atoms with Crippen LogP contribution < -0.4 is 0 Å². The number of likely N-dealkylation sites (tertiary alicyclic amines) is 1. The normalized spacial score (nSPS) is 36.6. The van der Waals surface area contributed by atoms with E-state index in [1.165, 1.54) is 5.57 Å². The van der Waals surface area contributed by atoms with Crippen molar-refractivity contribution >= 4 is 11.9 Å². The van der Waals surface area contributed by atoms with Gasteiger partial charge in [-0.3, -0.25) is 9.59 Å². The number of hydrogen-bond donors (Lipinski definition) is 1. The first-order valence-corrected chi connectivity index (χ1v) is 7.89. The molecule has 3 rings (SSSR count). The number of hydrogen-bond acceptors (Lipinski definition) is 3. The Morgan fingerprint density at radius 2 is 2.32 bits per heavy atom. The molecule has 0 aromatic heterocycles. The van der Waals surface area contributed by atoms with Gasteiger partial charge in [0.1, 0.15) is 11.5 Å². The summed E-state index contributed by atoms with van der Waals surface area (Å²) in [5, 5.41) is 9.43. The van der Waals surface area contributed by atoms with Gasteiger partial charge in [-0.1, -0.05) is 23.8 Å². The van der Waals surface area contributed by atoms with Crippen molar-refractivity contribution in [2.75, 3.05) is 6.54 Å². The second-order valence-corrected chi connectivity index (χ2v) is 6.91. The van der Waals surface area contributed by atoms with Crippen LogP contribution in [0.5, 0.6) is 0 Å². The summed E-state index contributed by atoms with van der Waals surface area (Å²) in [6.45, 7) is 6.62. The van der Waals surface area contributed by atoms with Crippen LogP contribution in [0.2, 0.25) is 0 Å². The van der Waals surface area contributed by atoms with E-state index in [0.717, 1.165) is 12.8 Å². The Hall–Kier alpha value is -1.62. The highest BCUT2D eigenvalue weighted by Crippen LogP contribution is 2.52. The van der Waals surface area contributed by atoms with Crippen molar-refractivity contribution < 1.29 is 19.4 Å². The molecule has 1 amide bonds. The van der Waals surface area contributed by atoms with Crippen LogP contribution in [0.15, 0.2) is 23.8 Å². The predicted octanol–water partition coefficient (Wildman–Crippen LogP) is 1.99. The molecular formula is C17H23NO4. The molecule has 0 radical (unpaired) electrons. The van der Waals surface area contributed by atoms with Crippen LogP contribution in [0.1, 0.15) is 33.6 Å². The SMILES string of the molecule is CC(C)=CCC[C@H](C)N1C[C@@]23C=C[C@H](O2)[C@@H](C(=O)O)[C@@H]3C1=O. The molecule has 2 fully saturated rings. The quantitative estimate of drug-likeness (QED) is 0.789. The van der Waals surface area contributed by atoms with Crippen LogP contribution in [-0.4, -0.2) is 46.2 Å². The maximum Gasteiger partial charge on any atom is 0.310 e. The minimum Gasteiger partial charge on any atom is -0.481 e. The fourth-order valence-electron chi connectivity index (χ4n) is 3.95. The molecule has 5 nitrogen and oxygen atoms in total. The average Bonchev–Trinajstić information content (AvgIpc) is 3.06. The summed E-state index contributed by atoms with van der Waals surface area (Å²) in [6.07, 6.45) is 7.23. The number of carboxylic acid groups (broad SMARTS) is 1. The lowest BCUT2D eigenvalue weighted by atomic mass is 9.77. The van der Waals surface area contributed by atoms with E-state index in [9.17, 15) is 14.7 Å². The summed E-state index contributed by atoms with van der Waals surface area (Å²) in [6, 6.07) is 0.0913. The second-order valence-electron chi connectivity index (χ2n) is 6.91. The number of carbonyl (C=O) groups excluding carboxylic acids is 1. The van der Waals surface area contributed by atoms with E-state index >= 15 is 0 Å². The Kier molecular flexibility index (Phi) is 3.63. The Balaban J connectivity index is 1.76. The molecule has 3 heterocycles. The summed E-state index contributed by atoms with van der Waals surface area (Å²) < 4.78 is 5.88. The minimum absolute atomic E-state index is 0.0658. The molecule has 3 aliphatic heterocycles. The van der Waals surface area contributed by atoms with Crippen molar-refractivity contribution in [1.29, 1.82) is 0 Å². The van der Waals surface area contributed by atoms with Crippen LogP contribution in [0.25, 0.3) is 0 Å². The third kappa shape index (κ3) is 2.19. The van der Waals surface area contributed by atoms with Gasteiger partial charge in [0, 0.05) is 6.04 Å². The smallest absolute Gasteiger partial charge is 0.310 e. The van der Waals surface area contributed by atoms with Crippen molar-refractivity contribution in [2.24, 2.45) is 11.8 Å². The number of rotatable bonds is 5. The molecule has 0 aromatic rings. The Morgan fingerprint density at radius 3 is 2.95 bits per heavy atom. The lowest BCUT2D eigenvalue weighted by Gasteiger charge is -2.27. The zero-order chi connectivity index (χ0) is 16.1. The van der Waals surface area contributed by atoms with E-state index in [0.29, 0.717) is 6.54 Å². The van der Waals surface area contributed by atoms with Gasteiger partial charge in [0.05, 0.1) is 18.6 Å². The van der Waals surface area contributed by atoms with Crippen LogP contribution in [0.3, 0.4) is 0 Å². The first-order valence-electron chi connectivity index (χ1n) is 7.89. The van der Waals surface area contributed by atoms with Gasteiger partial charge in [0.2, 0.25) is 5.91 Å². The fraction of sp³-hybridized carbons (Fsp3) is 0.647. The third-order valence-electron chi connectivity index (χ3n) is 5.08. The molecule has 1 N–H and O–H groups in total. The fourth-order valence-corrected chi connectivity index (χ4v) is 3.95. The molecule has 0 aromatic carbocycles. The highest BCUT2D eigenvalue weighted by molar-refractivity contribution is 5.90. The Labute approximate surface area is 130 Å². The van der Waals surface area contributed by atoms with Gasteiger partial charge in [0.25, 0.3) is 0 Å². The first kappa shape index (κ1) is 15.3. The van der Waals surface area contributed by atoms with Gasteiger partial charge < -0.3 is 14.7 Å². The lowest BCUT2D eigenvalue weighted by Crippen LogP contribution is -2.40. The number of amides is 1. The minimum atomic E-state index is -0.936. The standard InChI is InChI=1S/C17H23NO4/c1-10(2)5-4-6-11(3)18-9-17-8-7-12(22-17)13(16(20)21)14(17)15(18)19/h5,7-8,11-14H,4,6,9H2,1-3H3,(H,20,21)/t11-,12-,13+,14+,17+/m0/s1. The predicted molar refractivity (Wildman–Crippen MR) is 81.2 cm³/mol. The van der Waals surface area contributed by atoms with Crippen LogP contribution in [-0.2, 0) is 14.3 Å². The maximum atomic E-state index is 12.8. The highest BCUT2D eigenvalue weighted by atomic mass is 16.5. The summed E-state index contributed by atoms with van der Waals surface area (Å²) in [7, 11) is 0. The van der Waals surface area contributed by atoms with Gasteiger partial charge in [-0.2, -0.15) is 0 Å². The number of fused-ring (bicyclic) bond motifs is 1. The number of allylic oxidation sites excluding steroid dienone is 2. The van der Waals surface area contributed by atoms with E-state index in [1.54, 1.807) is 6.08 Å². The summed E-state index contributed by atoms with van der Waals surface area (Å²) in [4.78, 5) is 26.1. The highest BCUT2D eigenvalue weighted by Gasteiger charge is 2.67. The average molecular weight is 305 g/mol. The second kappa shape index (κ2) is 5.23. The molecule has 0 unspecified atom stereocenters. The number of carboxylic acids is 1. The van der Waals surface area contributed by atoms with Gasteiger partial charge in [-0.25, -0.2) is 0 Å². The Morgan fingerprint density at radius 1 is 1.59 bits per heavy atom. The topological polar surface area (TPSA) is 66.8 Å². The van der Waals surface area contributed by atoms with Crippen molar-refractivity contribution in [2.45, 2.75) is 51.4 Å². The van der Waals surface area contributed by atoms with E-state index < -0.39 is 29.5 Å². The van der Waals surface area contributed by atoms with Gasteiger partial charge in [-0.15, -0.1) is 0 Å². The number of aliphatic carboxylic acids is 1. The van der Waals surface area contributed by atoms with Crippen LogP contribution in [0.4, 0.5) is 0 Å². The number of carbonyl (C=O) groups is 2. The third-order valence-corrected chi connectivity index (χ3v) is 5.08. The zero-order valence-corrected chi connectivity index (χ0v) is 13.3. The summed E-state index contributed by atoms with van der Waals surface area (Å²) in [5.41, 5.74) is 0.557. The van der Waals surface area contributed by atoms with Crippen molar-refractivity contribution in [3.05, 3.63) is 23.8 Å². The largest absolute Gasteiger partial charge is 0.481 e. The van der Waals surface area contributed by atoms with Gasteiger partial charge >= 0.3 is 5.97 Å². The first-order chi connectivity index (χ1) is 10.4. The van der Waals surface area contributed by atoms with E-state index in [2.05, 4.69) is 19.9 Å². The van der Waals surface area contributed by atoms with E-state index in [4.69, 9.17) is 4.74 Å². The molecular weight excluding hydrogens is 282 g/mol. The zero-order valence-electron chi connectivity index (χ0n) is 13.3. The molecule has 0 aliphatic carbocycles. The van der Waals surface area contributed by atoms with Crippen LogP contribution in [0, 0.1) is 11.8 Å². The molecule has 1 spiro atoms. The summed E-state index contributed by atoms with van der Waals surface area (Å²) >= 11 is 0. The molecule has 22 heavy (non-hydrogen) atoms. The molecule has 5 heteroatoms. The monoisotopic (exact) mass is 305 g/mol. The molecule has 0 saturated carbocycles. The molecule has 120 valence electrons. The van der Waals surface area contributed by atoms with Gasteiger partial charge in [0.15, 0.2) is 0 Å². The van der Waals surface area contributed by atoms with E-state index in [1.807, 2.05) is 17.9 Å². The number of nitrogens with zero attached hydrogens (tertiary/aromatic N) is 1. The lowest BCUT2D eigenvalue weighted by molar-refractivity contribution is -0.148. The van der Waals surface area contributed by atoms with Crippen molar-refractivity contribution in [3.8, 4) is 0 Å². The van der Waals surface area contributed by atoms with Gasteiger partial charge in [-0.05, 0) is 33.6 Å². The van der Waals surface area contributed by atoms with E-state index in [-0.39, 0.29) is 11.9 Å². The van der Waals surface area contributed by atoms with Crippen molar-refractivity contribution in [1.82, 2.24) is 4.90 Å². The maximum absolute atomic E-state index is 12.8.